The molecule has 1 aromatic heterocycles. The van der Waals surface area contributed by atoms with Crippen molar-refractivity contribution in [3.8, 4) is 0 Å². The van der Waals surface area contributed by atoms with E-state index in [2.05, 4.69) is 0 Å². The Morgan fingerprint density at radius 2 is 2.15 bits per heavy atom. The number of sulfonamides is 1. The summed E-state index contributed by atoms with van der Waals surface area (Å²) in [7, 11) is -3.67. The van der Waals surface area contributed by atoms with Crippen molar-refractivity contribution in [1.82, 2.24) is 0 Å². The fourth-order valence-corrected chi connectivity index (χ4v) is 5.20. The van der Waals surface area contributed by atoms with E-state index >= 15 is 0 Å². The number of anilines is 1. The summed E-state index contributed by atoms with van der Waals surface area (Å²) in [5.41, 5.74) is 6.85. The van der Waals surface area contributed by atoms with E-state index in [9.17, 15) is 12.8 Å². The van der Waals surface area contributed by atoms with E-state index in [0.717, 1.165) is 5.56 Å². The molecule has 2 aromatic rings. The van der Waals surface area contributed by atoms with E-state index in [1.54, 1.807) is 17.5 Å². The van der Waals surface area contributed by atoms with Crippen molar-refractivity contribution in [3.63, 3.8) is 0 Å². The van der Waals surface area contributed by atoms with Crippen LogP contribution in [0.5, 0.6) is 0 Å². The van der Waals surface area contributed by atoms with Gasteiger partial charge in [0.1, 0.15) is 10.7 Å². The van der Waals surface area contributed by atoms with E-state index in [-0.39, 0.29) is 11.4 Å². The van der Waals surface area contributed by atoms with Gasteiger partial charge in [0, 0.05) is 18.0 Å². The molecule has 0 atom stereocenters. The van der Waals surface area contributed by atoms with Crippen molar-refractivity contribution in [2.45, 2.75) is 17.9 Å². The lowest BCUT2D eigenvalue weighted by molar-refractivity contribution is 0.591. The van der Waals surface area contributed by atoms with Gasteiger partial charge in [0.05, 0.1) is 5.69 Å². The third-order valence-electron chi connectivity index (χ3n) is 3.36. The van der Waals surface area contributed by atoms with Crippen LogP contribution in [0.1, 0.15) is 10.4 Å². The summed E-state index contributed by atoms with van der Waals surface area (Å²) in [6, 6.07) is 5.82. The first-order valence-electron chi connectivity index (χ1n) is 6.11. The zero-order valence-electron chi connectivity index (χ0n) is 10.5. The molecule has 1 aliphatic rings. The average Bonchev–Trinajstić information content (AvgIpc) is 3.04. The summed E-state index contributed by atoms with van der Waals surface area (Å²) in [4.78, 5) is 0.844. The molecule has 1 aliphatic heterocycles. The minimum Gasteiger partial charge on any atom is -0.326 e. The van der Waals surface area contributed by atoms with Gasteiger partial charge in [-0.05, 0) is 35.6 Å². The van der Waals surface area contributed by atoms with Gasteiger partial charge in [-0.2, -0.15) is 0 Å². The van der Waals surface area contributed by atoms with Gasteiger partial charge < -0.3 is 5.73 Å². The minimum atomic E-state index is -3.67. The number of halogens is 1. The second-order valence-electron chi connectivity index (χ2n) is 4.51. The number of fused-ring (bicyclic) bond motifs is 1. The molecule has 0 fully saturated rings. The normalized spacial score (nSPS) is 14.6. The van der Waals surface area contributed by atoms with Crippen molar-refractivity contribution < 1.29 is 12.8 Å². The number of hydrogen-bond donors (Lipinski definition) is 1. The monoisotopic (exact) mass is 312 g/mol. The fourth-order valence-electron chi connectivity index (χ4n) is 2.40. The molecule has 7 heteroatoms. The maximum absolute atomic E-state index is 13.4. The molecule has 3 rings (SSSR count). The van der Waals surface area contributed by atoms with E-state index in [1.165, 1.54) is 27.8 Å². The Balaban J connectivity index is 2.09. The Labute approximate surface area is 120 Å². The molecule has 0 saturated heterocycles. The number of nitrogens with zero attached hydrogens (tertiary/aromatic N) is 1. The Kier molecular flexibility index (Phi) is 3.27. The third-order valence-corrected chi connectivity index (χ3v) is 6.33. The maximum Gasteiger partial charge on any atom is 0.265 e. The number of hydrogen-bond acceptors (Lipinski definition) is 4. The highest BCUT2D eigenvalue weighted by Gasteiger charge is 2.32. The van der Waals surface area contributed by atoms with Crippen LogP contribution in [0.15, 0.2) is 34.5 Å². The van der Waals surface area contributed by atoms with Gasteiger partial charge in [-0.3, -0.25) is 4.31 Å². The molecule has 2 heterocycles. The van der Waals surface area contributed by atoms with Gasteiger partial charge in [0.25, 0.3) is 10.0 Å². The molecule has 4 nitrogen and oxygen atoms in total. The van der Waals surface area contributed by atoms with Gasteiger partial charge >= 0.3 is 0 Å². The summed E-state index contributed by atoms with van der Waals surface area (Å²) in [6.45, 7) is 0.511. The van der Waals surface area contributed by atoms with Crippen molar-refractivity contribution in [2.75, 3.05) is 10.8 Å². The Hall–Kier alpha value is -1.44. The highest BCUT2D eigenvalue weighted by atomic mass is 32.2. The topological polar surface area (TPSA) is 63.4 Å². The lowest BCUT2D eigenvalue weighted by atomic mass is 10.2. The average molecular weight is 312 g/mol. The lowest BCUT2D eigenvalue weighted by Gasteiger charge is -2.19. The minimum absolute atomic E-state index is 0.177. The van der Waals surface area contributed by atoms with Crippen LogP contribution in [0.2, 0.25) is 0 Å². The van der Waals surface area contributed by atoms with Gasteiger partial charge in [-0.25, -0.2) is 12.8 Å². The predicted molar refractivity (Wildman–Crippen MR) is 76.8 cm³/mol. The first-order chi connectivity index (χ1) is 9.54. The van der Waals surface area contributed by atoms with Crippen LogP contribution < -0.4 is 10.0 Å². The van der Waals surface area contributed by atoms with Crippen LogP contribution in [0, 0.1) is 5.82 Å². The standard InChI is InChI=1S/C13H13FN2O2S2/c14-10-2-1-9-3-5-16(11(9)7-10)20(17,18)13-4-6-19-12(13)8-15/h1-2,4,6-7H,3,5,8,15H2. The molecule has 20 heavy (non-hydrogen) atoms. The van der Waals surface area contributed by atoms with Crippen LogP contribution >= 0.6 is 11.3 Å². The summed E-state index contributed by atoms with van der Waals surface area (Å²) < 4.78 is 40.1. The summed E-state index contributed by atoms with van der Waals surface area (Å²) >= 11 is 1.31. The SMILES string of the molecule is NCc1sccc1S(=O)(=O)N1CCc2ccc(F)cc21. The number of rotatable bonds is 3. The van der Waals surface area contributed by atoms with Crippen molar-refractivity contribution in [1.29, 1.82) is 0 Å². The van der Waals surface area contributed by atoms with E-state index in [0.29, 0.717) is 23.5 Å². The van der Waals surface area contributed by atoms with Crippen molar-refractivity contribution >= 4 is 27.0 Å². The smallest absolute Gasteiger partial charge is 0.265 e. The molecule has 106 valence electrons. The number of nitrogens with two attached hydrogens (primary N) is 1. The first-order valence-corrected chi connectivity index (χ1v) is 8.43. The van der Waals surface area contributed by atoms with E-state index in [1.807, 2.05) is 0 Å². The fraction of sp³-hybridized carbons (Fsp3) is 0.231. The molecule has 0 unspecified atom stereocenters. The lowest BCUT2D eigenvalue weighted by Crippen LogP contribution is -2.29. The first kappa shape index (κ1) is 13.5. The third kappa shape index (κ3) is 2.02. The summed E-state index contributed by atoms with van der Waals surface area (Å²) in [5.74, 6) is -0.435. The Morgan fingerprint density at radius 3 is 2.90 bits per heavy atom. The van der Waals surface area contributed by atoms with Crippen molar-refractivity contribution in [3.05, 3.63) is 45.9 Å². The van der Waals surface area contributed by atoms with Crippen LogP contribution in [0.25, 0.3) is 0 Å². The molecule has 0 aliphatic carbocycles. The zero-order valence-corrected chi connectivity index (χ0v) is 12.2. The van der Waals surface area contributed by atoms with Crippen LogP contribution in [0.3, 0.4) is 0 Å². The summed E-state index contributed by atoms with van der Waals surface area (Å²) in [5, 5.41) is 1.71. The summed E-state index contributed by atoms with van der Waals surface area (Å²) in [6.07, 6.45) is 0.594. The van der Waals surface area contributed by atoms with Crippen LogP contribution in [0.4, 0.5) is 10.1 Å². The molecule has 2 N–H and O–H groups in total. The van der Waals surface area contributed by atoms with E-state index < -0.39 is 15.8 Å². The van der Waals surface area contributed by atoms with Gasteiger partial charge in [0.2, 0.25) is 0 Å². The predicted octanol–water partition coefficient (Wildman–Crippen LogP) is 2.10. The zero-order chi connectivity index (χ0) is 14.3. The van der Waals surface area contributed by atoms with Crippen molar-refractivity contribution in [2.24, 2.45) is 5.73 Å². The molecular formula is C13H13FN2O2S2. The van der Waals surface area contributed by atoms with Gasteiger partial charge in [0.15, 0.2) is 0 Å². The quantitative estimate of drug-likeness (QED) is 0.944. The van der Waals surface area contributed by atoms with E-state index in [4.69, 9.17) is 5.73 Å². The molecule has 0 bridgehead atoms. The number of thiophene rings is 1. The Morgan fingerprint density at radius 1 is 1.35 bits per heavy atom. The number of benzene rings is 1. The highest BCUT2D eigenvalue weighted by molar-refractivity contribution is 7.93. The molecule has 0 saturated carbocycles. The molecule has 0 spiro atoms. The second kappa shape index (κ2) is 4.83. The maximum atomic E-state index is 13.4. The second-order valence-corrected chi connectivity index (χ2v) is 7.34. The van der Waals surface area contributed by atoms with Gasteiger partial charge in [-0.1, -0.05) is 6.07 Å². The van der Waals surface area contributed by atoms with Crippen LogP contribution in [-0.4, -0.2) is 15.0 Å². The molecule has 0 radical (unpaired) electrons. The Bertz CT molecular complexity index is 755. The largest absolute Gasteiger partial charge is 0.326 e. The van der Waals surface area contributed by atoms with Gasteiger partial charge in [-0.15, -0.1) is 11.3 Å². The molecule has 0 amide bonds. The molecular weight excluding hydrogens is 299 g/mol. The van der Waals surface area contributed by atoms with Crippen LogP contribution in [-0.2, 0) is 23.0 Å². The molecule has 1 aromatic carbocycles. The highest BCUT2D eigenvalue weighted by Crippen LogP contribution is 2.35.